The van der Waals surface area contributed by atoms with Gasteiger partial charge in [-0.2, -0.15) is 5.10 Å². The van der Waals surface area contributed by atoms with E-state index in [2.05, 4.69) is 27.3 Å². The van der Waals surface area contributed by atoms with Crippen LogP contribution >= 0.6 is 0 Å². The Bertz CT molecular complexity index is 1140. The predicted molar refractivity (Wildman–Crippen MR) is 105 cm³/mol. The molecule has 0 saturated carbocycles. The van der Waals surface area contributed by atoms with Crippen LogP contribution in [0.2, 0.25) is 0 Å². The highest BCUT2D eigenvalue weighted by molar-refractivity contribution is 6.21. The first kappa shape index (κ1) is 19.8. The third-order valence-electron chi connectivity index (χ3n) is 5.73. The number of carbonyl (C=O) groups is 3. The molecule has 156 valence electrons. The monoisotopic (exact) mass is 414 g/mol. The number of aliphatic carboxylic acids is 2. The molecule has 4 N–H and O–H groups in total. The van der Waals surface area contributed by atoms with Crippen molar-refractivity contribution in [1.82, 2.24) is 15.3 Å². The number of nitrogens with one attached hydrogen (secondary N) is 2. The summed E-state index contributed by atoms with van der Waals surface area (Å²) in [6.07, 6.45) is 3.30. The minimum atomic E-state index is -1.26. The van der Waals surface area contributed by atoms with Crippen LogP contribution in [0.5, 0.6) is 0 Å². The molecule has 5 rings (SSSR count). The van der Waals surface area contributed by atoms with Crippen LogP contribution in [0.3, 0.4) is 0 Å². The molecule has 1 atom stereocenters. The fourth-order valence-electron chi connectivity index (χ4n) is 4.40. The minimum absolute atomic E-state index is 0.0888. The maximum atomic E-state index is 13.9. The van der Waals surface area contributed by atoms with E-state index < -0.39 is 17.8 Å². The van der Waals surface area contributed by atoms with E-state index in [9.17, 15) is 18.8 Å². The molecule has 2 aromatic rings. The largest absolute Gasteiger partial charge is 0.478 e. The summed E-state index contributed by atoms with van der Waals surface area (Å²) < 4.78 is 13.9. The van der Waals surface area contributed by atoms with Crippen LogP contribution in [0.25, 0.3) is 10.9 Å². The Labute approximate surface area is 169 Å². The third kappa shape index (κ3) is 3.14. The average Bonchev–Trinajstić information content (AvgIpc) is 3.21. The van der Waals surface area contributed by atoms with Crippen molar-refractivity contribution in [3.8, 4) is 0 Å². The predicted octanol–water partition coefficient (Wildman–Crippen LogP) is 1.79. The highest BCUT2D eigenvalue weighted by Gasteiger charge is 2.47. The summed E-state index contributed by atoms with van der Waals surface area (Å²) in [6.45, 7) is 3.95. The molecule has 10 heteroatoms. The van der Waals surface area contributed by atoms with E-state index in [1.165, 1.54) is 12.1 Å². The average molecular weight is 414 g/mol. The van der Waals surface area contributed by atoms with Crippen LogP contribution in [0.4, 0.5) is 4.39 Å². The minimum Gasteiger partial charge on any atom is -0.478 e. The number of nitrogens with zero attached hydrogens (tertiary/aromatic N) is 2. The first-order valence-electron chi connectivity index (χ1n) is 9.32. The lowest BCUT2D eigenvalue weighted by Crippen LogP contribution is -2.47. The number of hydrogen-bond donors (Lipinski definition) is 4. The molecule has 0 radical (unpaired) electrons. The molecule has 3 aliphatic heterocycles. The number of rotatable bonds is 2. The fourth-order valence-corrected chi connectivity index (χ4v) is 4.40. The van der Waals surface area contributed by atoms with Gasteiger partial charge in [-0.3, -0.25) is 9.69 Å². The Morgan fingerprint density at radius 3 is 2.63 bits per heavy atom. The zero-order chi connectivity index (χ0) is 21.6. The lowest BCUT2D eigenvalue weighted by atomic mass is 9.85. The second-order valence-electron chi connectivity index (χ2n) is 7.56. The summed E-state index contributed by atoms with van der Waals surface area (Å²) >= 11 is 0. The Hall–Kier alpha value is -3.53. The highest BCUT2D eigenvalue weighted by atomic mass is 19.1. The smallest absolute Gasteiger partial charge is 0.328 e. The Balaban J connectivity index is 0.000000235. The van der Waals surface area contributed by atoms with Crippen molar-refractivity contribution in [1.29, 1.82) is 0 Å². The van der Waals surface area contributed by atoms with Gasteiger partial charge in [0.25, 0.3) is 5.91 Å². The quantitative estimate of drug-likeness (QED) is 0.554. The first-order valence-corrected chi connectivity index (χ1v) is 9.32. The molecule has 1 fully saturated rings. The number of hydrogen-bond acceptors (Lipinski definition) is 5. The van der Waals surface area contributed by atoms with E-state index in [1.807, 2.05) is 0 Å². The molecule has 9 nitrogen and oxygen atoms in total. The number of H-pyrrole nitrogens is 1. The van der Waals surface area contributed by atoms with Gasteiger partial charge >= 0.3 is 11.9 Å². The SMILES string of the molecule is C[C@]12CCCN1CC1=NNC(=O)c3cc(F)cc4[nH]c2c1c34.O=C(O)/C=C\C(=O)O. The van der Waals surface area contributed by atoms with Crippen molar-refractivity contribution < 1.29 is 29.0 Å². The first-order chi connectivity index (χ1) is 14.2. The van der Waals surface area contributed by atoms with Gasteiger partial charge in [0.1, 0.15) is 5.82 Å². The number of hydrazone groups is 1. The normalized spacial score (nSPS) is 22.1. The molecular weight excluding hydrogens is 395 g/mol. The van der Waals surface area contributed by atoms with Crippen molar-refractivity contribution in [3.63, 3.8) is 0 Å². The van der Waals surface area contributed by atoms with Crippen LogP contribution in [-0.2, 0) is 15.1 Å². The molecule has 1 saturated heterocycles. The van der Waals surface area contributed by atoms with Gasteiger partial charge < -0.3 is 15.2 Å². The van der Waals surface area contributed by atoms with E-state index in [-0.39, 0.29) is 11.4 Å². The van der Waals surface area contributed by atoms with E-state index in [1.54, 1.807) is 0 Å². The Kier molecular flexibility index (Phi) is 4.65. The van der Waals surface area contributed by atoms with Gasteiger partial charge in [-0.05, 0) is 38.4 Å². The van der Waals surface area contributed by atoms with E-state index in [0.717, 1.165) is 41.7 Å². The Morgan fingerprint density at radius 1 is 1.27 bits per heavy atom. The van der Waals surface area contributed by atoms with E-state index in [0.29, 0.717) is 29.8 Å². The number of carbonyl (C=O) groups excluding carboxylic acids is 1. The number of aromatic amines is 1. The zero-order valence-corrected chi connectivity index (χ0v) is 16.0. The number of halogens is 1. The zero-order valence-electron chi connectivity index (χ0n) is 16.0. The Morgan fingerprint density at radius 2 is 1.97 bits per heavy atom. The number of amides is 1. The molecule has 3 aliphatic rings. The molecule has 0 unspecified atom stereocenters. The maximum Gasteiger partial charge on any atom is 0.328 e. The van der Waals surface area contributed by atoms with Gasteiger partial charge in [0.05, 0.1) is 22.3 Å². The molecule has 0 bridgehead atoms. The van der Waals surface area contributed by atoms with Gasteiger partial charge in [0, 0.05) is 35.3 Å². The van der Waals surface area contributed by atoms with Crippen LogP contribution in [0.1, 0.15) is 41.4 Å². The van der Waals surface area contributed by atoms with Crippen LogP contribution in [-0.4, -0.2) is 56.7 Å². The topological polar surface area (TPSA) is 135 Å². The van der Waals surface area contributed by atoms with Gasteiger partial charge in [-0.15, -0.1) is 0 Å². The number of carboxylic acid groups (broad SMARTS) is 2. The van der Waals surface area contributed by atoms with Crippen molar-refractivity contribution in [3.05, 3.63) is 46.9 Å². The molecule has 1 aromatic heterocycles. The summed E-state index contributed by atoms with van der Waals surface area (Å²) in [5.74, 6) is -3.27. The van der Waals surface area contributed by atoms with Crippen molar-refractivity contribution in [2.75, 3.05) is 13.1 Å². The molecule has 0 aliphatic carbocycles. The number of aromatic nitrogens is 1. The van der Waals surface area contributed by atoms with E-state index in [4.69, 9.17) is 10.2 Å². The molecule has 1 aromatic carbocycles. The molecule has 0 spiro atoms. The van der Waals surface area contributed by atoms with Gasteiger partial charge in [0.2, 0.25) is 0 Å². The highest BCUT2D eigenvalue weighted by Crippen LogP contribution is 2.46. The molecular formula is C20H19FN4O5. The maximum absolute atomic E-state index is 13.9. The summed E-state index contributed by atoms with van der Waals surface area (Å²) in [6, 6.07) is 2.77. The summed E-state index contributed by atoms with van der Waals surface area (Å²) in [5.41, 5.74) is 6.43. The molecule has 1 amide bonds. The van der Waals surface area contributed by atoms with Crippen molar-refractivity contribution >= 4 is 34.5 Å². The number of fused-ring (bicyclic) bond motifs is 2. The van der Waals surface area contributed by atoms with Gasteiger partial charge in [-0.1, -0.05) is 0 Å². The summed E-state index contributed by atoms with van der Waals surface area (Å²) in [4.78, 5) is 37.1. The second kappa shape index (κ2) is 7.06. The number of carboxylic acids is 2. The van der Waals surface area contributed by atoms with Crippen LogP contribution in [0.15, 0.2) is 29.4 Å². The third-order valence-corrected chi connectivity index (χ3v) is 5.73. The lowest BCUT2D eigenvalue weighted by molar-refractivity contribution is -0.134. The van der Waals surface area contributed by atoms with Crippen molar-refractivity contribution in [2.45, 2.75) is 25.3 Å². The summed E-state index contributed by atoms with van der Waals surface area (Å²) in [7, 11) is 0. The van der Waals surface area contributed by atoms with Crippen LogP contribution in [0, 0.1) is 5.82 Å². The summed E-state index contributed by atoms with van der Waals surface area (Å²) in [5, 5.41) is 20.7. The molecule has 30 heavy (non-hydrogen) atoms. The standard InChI is InChI=1S/C16H15FN4O.C4H4O4/c1-16-3-2-4-21(16)7-11-13-12-9(15(22)20-19-11)5-8(17)6-10(12)18-14(13)16;5-3(6)1-2-4(7)8/h5-6,18H,2-4,7H2,1H3,(H,20,22);1-2H,(H,5,6)(H,7,8)/b;2-1-/t16-;/m1./s1. The van der Waals surface area contributed by atoms with Crippen LogP contribution < -0.4 is 5.43 Å². The van der Waals surface area contributed by atoms with Gasteiger partial charge in [0.15, 0.2) is 0 Å². The van der Waals surface area contributed by atoms with Gasteiger partial charge in [-0.25, -0.2) is 19.4 Å². The lowest BCUT2D eigenvalue weighted by Gasteiger charge is -2.39. The van der Waals surface area contributed by atoms with E-state index >= 15 is 0 Å². The van der Waals surface area contributed by atoms with Crippen molar-refractivity contribution in [2.24, 2.45) is 5.10 Å². The fraction of sp³-hybridized carbons (Fsp3) is 0.300. The molecule has 4 heterocycles. The number of benzene rings is 1. The second-order valence-corrected chi connectivity index (χ2v) is 7.56.